The minimum atomic E-state index is -0.161. The Morgan fingerprint density at radius 2 is 2.38 bits per heavy atom. The second kappa shape index (κ2) is 7.81. The monoisotopic (exact) mass is 384 g/mol. The molecule has 130 valence electrons. The highest BCUT2D eigenvalue weighted by Gasteiger charge is 2.27. The van der Waals surface area contributed by atoms with Crippen LogP contribution in [0.25, 0.3) is 10.7 Å². The van der Waals surface area contributed by atoms with Crippen LogP contribution in [0.3, 0.4) is 0 Å². The van der Waals surface area contributed by atoms with Gasteiger partial charge in [0.1, 0.15) is 5.25 Å². The molecule has 6 nitrogen and oxygen atoms in total. The van der Waals surface area contributed by atoms with E-state index in [0.29, 0.717) is 18.0 Å². The lowest BCUT2D eigenvalue weighted by atomic mass is 10.3. The summed E-state index contributed by atoms with van der Waals surface area (Å²) < 4.78 is 9.50. The fourth-order valence-electron chi connectivity index (χ4n) is 2.70. The van der Waals surface area contributed by atoms with Gasteiger partial charge in [-0.3, -0.25) is 14.3 Å². The largest absolute Gasteiger partial charge is 0.468 e. The van der Waals surface area contributed by atoms with Crippen molar-refractivity contribution in [1.29, 1.82) is 0 Å². The number of thiophene rings is 1. The van der Waals surface area contributed by atoms with E-state index in [2.05, 4.69) is 22.5 Å². The zero-order valence-corrected chi connectivity index (χ0v) is 16.1. The van der Waals surface area contributed by atoms with Gasteiger partial charge in [-0.05, 0) is 30.6 Å². The molecular weight excluding hydrogens is 364 g/mol. The lowest BCUT2D eigenvalue weighted by Gasteiger charge is -2.30. The first-order chi connectivity index (χ1) is 11.6. The van der Waals surface area contributed by atoms with E-state index in [1.54, 1.807) is 23.1 Å². The number of thioether (sulfide) groups is 1. The van der Waals surface area contributed by atoms with Gasteiger partial charge in [-0.1, -0.05) is 6.07 Å². The van der Waals surface area contributed by atoms with Crippen LogP contribution in [0.15, 0.2) is 17.5 Å². The summed E-state index contributed by atoms with van der Waals surface area (Å²) in [4.78, 5) is 15.1. The van der Waals surface area contributed by atoms with Gasteiger partial charge in [0.05, 0.1) is 18.7 Å². The van der Waals surface area contributed by atoms with E-state index >= 15 is 0 Å². The maximum atomic E-state index is 11.8. The summed E-state index contributed by atoms with van der Waals surface area (Å²) in [5.74, 6) is 1.65. The van der Waals surface area contributed by atoms with Crippen molar-refractivity contribution < 1.29 is 9.53 Å². The Labute approximate surface area is 154 Å². The Balaban J connectivity index is 1.80. The number of rotatable bonds is 5. The van der Waals surface area contributed by atoms with E-state index in [9.17, 15) is 4.79 Å². The molecular formula is C15H20N4O2S3. The molecule has 0 amide bonds. The Hall–Kier alpha value is -1.16. The number of hydrogen-bond donors (Lipinski definition) is 0. The van der Waals surface area contributed by atoms with E-state index in [4.69, 9.17) is 22.1 Å². The predicted molar refractivity (Wildman–Crippen MR) is 99.9 cm³/mol. The molecule has 0 aliphatic carbocycles. The molecule has 3 rings (SSSR count). The average Bonchev–Trinajstić information content (AvgIpc) is 3.23. The summed E-state index contributed by atoms with van der Waals surface area (Å²) in [6.07, 6.45) is 0. The molecule has 3 heterocycles. The van der Waals surface area contributed by atoms with Gasteiger partial charge in [0.25, 0.3) is 0 Å². The van der Waals surface area contributed by atoms with Crippen LogP contribution in [0.5, 0.6) is 0 Å². The van der Waals surface area contributed by atoms with Crippen LogP contribution < -0.4 is 0 Å². The van der Waals surface area contributed by atoms with Crippen molar-refractivity contribution in [1.82, 2.24) is 19.2 Å². The molecule has 1 fully saturated rings. The third-order valence-electron chi connectivity index (χ3n) is 3.93. The number of carbonyl (C=O) groups is 1. The minimum Gasteiger partial charge on any atom is -0.468 e. The summed E-state index contributed by atoms with van der Waals surface area (Å²) in [6.45, 7) is 5.02. The van der Waals surface area contributed by atoms with E-state index < -0.39 is 0 Å². The lowest BCUT2D eigenvalue weighted by Crippen LogP contribution is -2.42. The lowest BCUT2D eigenvalue weighted by molar-refractivity contribution is -0.140. The maximum Gasteiger partial charge on any atom is 0.320 e. The fraction of sp³-hybridized carbons (Fsp3) is 0.533. The molecule has 24 heavy (non-hydrogen) atoms. The molecule has 0 radical (unpaired) electrons. The van der Waals surface area contributed by atoms with Gasteiger partial charge in [0, 0.05) is 25.4 Å². The van der Waals surface area contributed by atoms with Gasteiger partial charge in [-0.15, -0.1) is 28.2 Å². The van der Waals surface area contributed by atoms with Crippen molar-refractivity contribution in [3.8, 4) is 10.7 Å². The van der Waals surface area contributed by atoms with Crippen molar-refractivity contribution in [2.45, 2.75) is 25.4 Å². The van der Waals surface area contributed by atoms with Gasteiger partial charge >= 0.3 is 5.97 Å². The Bertz CT molecular complexity index is 753. The number of carbonyl (C=O) groups excluding carboxylic acids is 1. The highest BCUT2D eigenvalue weighted by Crippen LogP contribution is 2.24. The van der Waals surface area contributed by atoms with Crippen LogP contribution in [-0.2, 0) is 22.7 Å². The number of hydrogen-bond acceptors (Lipinski definition) is 7. The minimum absolute atomic E-state index is 0.136. The van der Waals surface area contributed by atoms with Gasteiger partial charge in [-0.2, -0.15) is 0 Å². The standard InChI is InChI=1S/C15H20N4O2S3/c1-3-18-13(11-5-4-7-23-11)16-19(15(18)22)10-17-6-8-24-12(9-17)14(20)21-2/h4-5,7,12H,3,6,8-10H2,1-2H3/t12-/m0/s1. The zero-order valence-electron chi connectivity index (χ0n) is 13.7. The molecule has 0 aromatic carbocycles. The molecule has 1 saturated heterocycles. The number of ether oxygens (including phenoxy) is 1. The van der Waals surface area contributed by atoms with Crippen molar-refractivity contribution >= 4 is 41.3 Å². The average molecular weight is 385 g/mol. The number of aromatic nitrogens is 3. The highest BCUT2D eigenvalue weighted by molar-refractivity contribution is 8.00. The van der Waals surface area contributed by atoms with Crippen molar-refractivity contribution in [3.63, 3.8) is 0 Å². The van der Waals surface area contributed by atoms with E-state index in [1.165, 1.54) is 7.11 Å². The summed E-state index contributed by atoms with van der Waals surface area (Å²) in [5.41, 5.74) is 0. The topological polar surface area (TPSA) is 52.3 Å². The fourth-order valence-corrected chi connectivity index (χ4v) is 4.93. The molecule has 0 unspecified atom stereocenters. The van der Waals surface area contributed by atoms with Crippen LogP contribution in [0.1, 0.15) is 6.92 Å². The highest BCUT2D eigenvalue weighted by atomic mass is 32.2. The number of nitrogens with zero attached hydrogens (tertiary/aromatic N) is 4. The van der Waals surface area contributed by atoms with E-state index in [0.717, 1.165) is 29.5 Å². The molecule has 0 spiro atoms. The van der Waals surface area contributed by atoms with Gasteiger partial charge in [0.2, 0.25) is 0 Å². The second-order valence-electron chi connectivity index (χ2n) is 5.43. The molecule has 2 aromatic rings. The molecule has 0 N–H and O–H groups in total. The van der Waals surface area contributed by atoms with Gasteiger partial charge in [0.15, 0.2) is 10.6 Å². The van der Waals surface area contributed by atoms with Gasteiger partial charge in [-0.25, -0.2) is 4.68 Å². The Morgan fingerprint density at radius 1 is 1.54 bits per heavy atom. The molecule has 1 aliphatic rings. The summed E-state index contributed by atoms with van der Waals surface area (Å²) in [6, 6.07) is 4.08. The smallest absolute Gasteiger partial charge is 0.320 e. The van der Waals surface area contributed by atoms with Crippen molar-refractivity contribution in [3.05, 3.63) is 22.3 Å². The van der Waals surface area contributed by atoms with Crippen LogP contribution in [0.4, 0.5) is 0 Å². The van der Waals surface area contributed by atoms with E-state index in [1.807, 2.05) is 16.1 Å². The Morgan fingerprint density at radius 3 is 3.04 bits per heavy atom. The van der Waals surface area contributed by atoms with E-state index in [-0.39, 0.29) is 11.2 Å². The van der Waals surface area contributed by atoms with Crippen LogP contribution >= 0.6 is 35.3 Å². The maximum absolute atomic E-state index is 11.8. The molecule has 1 atom stereocenters. The Kier molecular flexibility index (Phi) is 5.75. The van der Waals surface area contributed by atoms with Crippen molar-refractivity contribution in [2.24, 2.45) is 0 Å². The molecule has 0 bridgehead atoms. The normalized spacial score (nSPS) is 18.7. The molecule has 1 aliphatic heterocycles. The predicted octanol–water partition coefficient (Wildman–Crippen LogP) is 2.71. The van der Waals surface area contributed by atoms with Crippen LogP contribution in [-0.4, -0.2) is 56.4 Å². The van der Waals surface area contributed by atoms with Crippen molar-refractivity contribution in [2.75, 3.05) is 26.0 Å². The number of esters is 1. The third kappa shape index (κ3) is 3.58. The molecule has 9 heteroatoms. The summed E-state index contributed by atoms with van der Waals surface area (Å²) in [7, 11) is 1.44. The summed E-state index contributed by atoms with van der Waals surface area (Å²) >= 11 is 8.91. The molecule has 0 saturated carbocycles. The van der Waals surface area contributed by atoms with Gasteiger partial charge < -0.3 is 4.74 Å². The second-order valence-corrected chi connectivity index (χ2v) is 8.05. The molecule has 2 aromatic heterocycles. The SMILES string of the molecule is CCn1c(-c2cccs2)nn(CN2CCS[C@H](C(=O)OC)C2)c1=S. The van der Waals surface area contributed by atoms with Crippen LogP contribution in [0, 0.1) is 4.77 Å². The zero-order chi connectivity index (χ0) is 17.1. The quantitative estimate of drug-likeness (QED) is 0.584. The summed E-state index contributed by atoms with van der Waals surface area (Å²) in [5, 5.41) is 6.63. The third-order valence-corrected chi connectivity index (χ3v) is 6.39. The number of methoxy groups -OCH3 is 1. The van der Waals surface area contributed by atoms with Crippen LogP contribution in [0.2, 0.25) is 0 Å². The first kappa shape index (κ1) is 17.7. The first-order valence-corrected chi connectivity index (χ1v) is 10.1. The first-order valence-electron chi connectivity index (χ1n) is 7.77.